The Morgan fingerprint density at radius 3 is 3.00 bits per heavy atom. The summed E-state index contributed by atoms with van der Waals surface area (Å²) in [5.41, 5.74) is 0.981. The van der Waals surface area contributed by atoms with Crippen LogP contribution in [0.15, 0.2) is 28.8 Å². The van der Waals surface area contributed by atoms with Gasteiger partial charge in [-0.3, -0.25) is 4.90 Å². The smallest absolute Gasteiger partial charge is 0.240 e. The normalized spacial score (nSPS) is 21.9. The van der Waals surface area contributed by atoms with E-state index in [1.807, 2.05) is 6.07 Å². The summed E-state index contributed by atoms with van der Waals surface area (Å²) in [5, 5.41) is 7.44. The number of hydrogen-bond donors (Lipinski definition) is 1. The molecule has 1 saturated carbocycles. The van der Waals surface area contributed by atoms with Gasteiger partial charge in [0.05, 0.1) is 6.54 Å². The molecule has 1 aromatic heterocycles. The second-order valence-corrected chi connectivity index (χ2v) is 6.07. The first-order valence-corrected chi connectivity index (χ1v) is 7.82. The molecular formula is C16H20ClFN4O. The van der Waals surface area contributed by atoms with E-state index in [0.29, 0.717) is 18.4 Å². The van der Waals surface area contributed by atoms with Crippen molar-refractivity contribution in [2.24, 2.45) is 0 Å². The largest absolute Gasteiger partial charge is 0.338 e. The third-order valence-corrected chi connectivity index (χ3v) is 4.35. The Hall–Kier alpha value is -1.50. The molecule has 7 heteroatoms. The molecule has 1 N–H and O–H groups in total. The first-order chi connectivity index (χ1) is 10.8. The van der Waals surface area contributed by atoms with Gasteiger partial charge in [-0.15, -0.1) is 12.4 Å². The Kier molecular flexibility index (Phi) is 4.94. The highest BCUT2D eigenvalue weighted by molar-refractivity contribution is 5.85. The summed E-state index contributed by atoms with van der Waals surface area (Å²) in [7, 11) is 0. The Labute approximate surface area is 140 Å². The summed E-state index contributed by atoms with van der Waals surface area (Å²) in [6, 6.07) is 6.94. The van der Waals surface area contributed by atoms with Crippen LogP contribution in [0.2, 0.25) is 0 Å². The lowest BCUT2D eigenvalue weighted by Crippen LogP contribution is -2.45. The van der Waals surface area contributed by atoms with Crippen molar-refractivity contribution in [2.75, 3.05) is 19.6 Å². The molecule has 0 bridgehead atoms. The number of piperazine rings is 1. The zero-order valence-corrected chi connectivity index (χ0v) is 13.6. The van der Waals surface area contributed by atoms with E-state index in [2.05, 4.69) is 20.4 Å². The van der Waals surface area contributed by atoms with E-state index >= 15 is 0 Å². The zero-order valence-electron chi connectivity index (χ0n) is 12.7. The fraction of sp³-hybridized carbons (Fsp3) is 0.500. The molecule has 4 rings (SSSR count). The van der Waals surface area contributed by atoms with Gasteiger partial charge < -0.3 is 9.84 Å². The van der Waals surface area contributed by atoms with Gasteiger partial charge in [0.15, 0.2) is 5.82 Å². The molecular weight excluding hydrogens is 319 g/mol. The summed E-state index contributed by atoms with van der Waals surface area (Å²) in [6.45, 7) is 3.20. The highest BCUT2D eigenvalue weighted by atomic mass is 35.5. The summed E-state index contributed by atoms with van der Waals surface area (Å²) < 4.78 is 18.9. The lowest BCUT2D eigenvalue weighted by atomic mass is 10.0. The highest BCUT2D eigenvalue weighted by Gasteiger charge is 2.30. The summed E-state index contributed by atoms with van der Waals surface area (Å²) in [5.74, 6) is 1.80. The SMILES string of the molecule is Cl.Fc1cccc(C2CNCCN2Cc2nc(C3CC3)no2)c1. The van der Waals surface area contributed by atoms with Crippen molar-refractivity contribution >= 4 is 12.4 Å². The molecule has 1 aliphatic heterocycles. The molecule has 0 amide bonds. The van der Waals surface area contributed by atoms with Gasteiger partial charge in [0.1, 0.15) is 5.82 Å². The van der Waals surface area contributed by atoms with Crippen molar-refractivity contribution in [3.8, 4) is 0 Å². The van der Waals surface area contributed by atoms with Crippen LogP contribution in [-0.4, -0.2) is 34.7 Å². The fourth-order valence-electron chi connectivity index (χ4n) is 2.99. The minimum absolute atomic E-state index is 0. The zero-order chi connectivity index (χ0) is 14.9. The monoisotopic (exact) mass is 338 g/mol. The van der Waals surface area contributed by atoms with Crippen LogP contribution in [0, 0.1) is 5.82 Å². The fourth-order valence-corrected chi connectivity index (χ4v) is 2.99. The van der Waals surface area contributed by atoms with Crippen LogP contribution >= 0.6 is 12.4 Å². The van der Waals surface area contributed by atoms with Gasteiger partial charge in [-0.1, -0.05) is 17.3 Å². The van der Waals surface area contributed by atoms with Gasteiger partial charge >= 0.3 is 0 Å². The van der Waals surface area contributed by atoms with Crippen LogP contribution in [0.25, 0.3) is 0 Å². The van der Waals surface area contributed by atoms with E-state index in [1.54, 1.807) is 12.1 Å². The van der Waals surface area contributed by atoms with E-state index < -0.39 is 0 Å². The average molecular weight is 339 g/mol. The highest BCUT2D eigenvalue weighted by Crippen LogP contribution is 2.38. The van der Waals surface area contributed by atoms with E-state index in [4.69, 9.17) is 4.52 Å². The Bertz CT molecular complexity index is 661. The van der Waals surface area contributed by atoms with Gasteiger partial charge in [-0.2, -0.15) is 4.98 Å². The van der Waals surface area contributed by atoms with E-state index in [-0.39, 0.29) is 24.3 Å². The molecule has 2 aromatic rings. The molecule has 0 radical (unpaired) electrons. The van der Waals surface area contributed by atoms with Crippen LogP contribution in [0.1, 0.15) is 42.1 Å². The lowest BCUT2D eigenvalue weighted by molar-refractivity contribution is 0.135. The van der Waals surface area contributed by atoms with Crippen LogP contribution in [0.5, 0.6) is 0 Å². The number of benzene rings is 1. The number of rotatable bonds is 4. The average Bonchev–Trinajstić information content (AvgIpc) is 3.28. The molecule has 0 spiro atoms. The third-order valence-electron chi connectivity index (χ3n) is 4.35. The van der Waals surface area contributed by atoms with Gasteiger partial charge in [-0.25, -0.2) is 4.39 Å². The second-order valence-electron chi connectivity index (χ2n) is 6.07. The Balaban J connectivity index is 0.00000156. The third kappa shape index (κ3) is 3.71. The first kappa shape index (κ1) is 16.4. The molecule has 1 saturated heterocycles. The van der Waals surface area contributed by atoms with Crippen LogP contribution in [0.4, 0.5) is 4.39 Å². The first-order valence-electron chi connectivity index (χ1n) is 7.82. The van der Waals surface area contributed by atoms with Crippen molar-refractivity contribution < 1.29 is 8.91 Å². The molecule has 2 heterocycles. The molecule has 1 unspecified atom stereocenters. The van der Waals surface area contributed by atoms with Crippen molar-refractivity contribution in [3.63, 3.8) is 0 Å². The standard InChI is InChI=1S/C16H19FN4O.ClH/c17-13-3-1-2-12(8-13)14-9-18-6-7-21(14)10-15-19-16(20-22-15)11-4-5-11;/h1-3,8,11,14,18H,4-7,9-10H2;1H. The van der Waals surface area contributed by atoms with Crippen LogP contribution in [-0.2, 0) is 6.54 Å². The van der Waals surface area contributed by atoms with E-state index in [1.165, 1.54) is 18.9 Å². The Morgan fingerprint density at radius 2 is 2.22 bits per heavy atom. The number of nitrogens with zero attached hydrogens (tertiary/aromatic N) is 3. The van der Waals surface area contributed by atoms with E-state index in [9.17, 15) is 4.39 Å². The molecule has 23 heavy (non-hydrogen) atoms. The number of aromatic nitrogens is 2. The summed E-state index contributed by atoms with van der Waals surface area (Å²) in [6.07, 6.45) is 2.33. The maximum Gasteiger partial charge on any atom is 0.240 e. The van der Waals surface area contributed by atoms with Crippen molar-refractivity contribution in [1.29, 1.82) is 0 Å². The Morgan fingerprint density at radius 1 is 1.35 bits per heavy atom. The van der Waals surface area contributed by atoms with Gasteiger partial charge in [0, 0.05) is 31.6 Å². The second kappa shape index (κ2) is 6.95. The molecule has 2 fully saturated rings. The molecule has 1 aromatic carbocycles. The predicted octanol–water partition coefficient (Wildman–Crippen LogP) is 2.65. The molecule has 1 atom stereocenters. The van der Waals surface area contributed by atoms with Crippen molar-refractivity contribution in [2.45, 2.75) is 31.3 Å². The van der Waals surface area contributed by atoms with Crippen molar-refractivity contribution in [1.82, 2.24) is 20.4 Å². The van der Waals surface area contributed by atoms with Crippen LogP contribution < -0.4 is 5.32 Å². The minimum atomic E-state index is -0.197. The number of nitrogens with one attached hydrogen (secondary N) is 1. The number of halogens is 2. The van der Waals surface area contributed by atoms with Crippen LogP contribution in [0.3, 0.4) is 0 Å². The summed E-state index contributed by atoms with van der Waals surface area (Å²) >= 11 is 0. The molecule has 1 aliphatic carbocycles. The molecule has 5 nitrogen and oxygen atoms in total. The minimum Gasteiger partial charge on any atom is -0.338 e. The lowest BCUT2D eigenvalue weighted by Gasteiger charge is -2.35. The quantitative estimate of drug-likeness (QED) is 0.928. The molecule has 2 aliphatic rings. The van der Waals surface area contributed by atoms with Gasteiger partial charge in [0.25, 0.3) is 0 Å². The predicted molar refractivity (Wildman–Crippen MR) is 85.9 cm³/mol. The maximum absolute atomic E-state index is 13.5. The molecule has 124 valence electrons. The van der Waals surface area contributed by atoms with Gasteiger partial charge in [-0.05, 0) is 30.5 Å². The van der Waals surface area contributed by atoms with E-state index in [0.717, 1.165) is 31.0 Å². The summed E-state index contributed by atoms with van der Waals surface area (Å²) in [4.78, 5) is 6.77. The van der Waals surface area contributed by atoms with Crippen molar-refractivity contribution in [3.05, 3.63) is 47.4 Å². The topological polar surface area (TPSA) is 54.2 Å². The van der Waals surface area contributed by atoms with Gasteiger partial charge in [0.2, 0.25) is 5.89 Å². The maximum atomic E-state index is 13.5. The number of hydrogen-bond acceptors (Lipinski definition) is 5.